The summed E-state index contributed by atoms with van der Waals surface area (Å²) in [6.45, 7) is 4.99. The van der Waals surface area contributed by atoms with Crippen molar-refractivity contribution in [3.63, 3.8) is 0 Å². The summed E-state index contributed by atoms with van der Waals surface area (Å²) in [5, 5.41) is 12.3. The van der Waals surface area contributed by atoms with Crippen molar-refractivity contribution in [1.82, 2.24) is 10.2 Å². The zero-order valence-corrected chi connectivity index (χ0v) is 10.2. The van der Waals surface area contributed by atoms with E-state index in [0.29, 0.717) is 12.5 Å². The Kier molecular flexibility index (Phi) is 4.18. The molecule has 2 unspecified atom stereocenters. The van der Waals surface area contributed by atoms with Gasteiger partial charge in [0.2, 0.25) is 0 Å². The highest BCUT2D eigenvalue weighted by Crippen LogP contribution is 2.12. The smallest absolute Gasteiger partial charge is 0.117 e. The van der Waals surface area contributed by atoms with Crippen LogP contribution in [-0.4, -0.2) is 30.1 Å². The monoisotopic (exact) mass is 233 g/mol. The summed E-state index contributed by atoms with van der Waals surface area (Å²) in [7, 11) is 0. The third kappa shape index (κ3) is 3.58. The van der Waals surface area contributed by atoms with Crippen LogP contribution in [0.25, 0.3) is 0 Å². The number of nitriles is 1. The highest BCUT2D eigenvalue weighted by molar-refractivity contribution is 4.99. The number of rotatable bonds is 3. The normalized spacial score (nSPS) is 26.4. The van der Waals surface area contributed by atoms with E-state index in [1.165, 1.54) is 0 Å². The van der Waals surface area contributed by atoms with Crippen LogP contribution in [0.4, 0.5) is 0 Å². The van der Waals surface area contributed by atoms with Gasteiger partial charge in [0, 0.05) is 25.2 Å². The number of furan rings is 1. The predicted octanol–water partition coefficient (Wildman–Crippen LogP) is 1.75. The molecule has 0 amide bonds. The summed E-state index contributed by atoms with van der Waals surface area (Å²) in [6, 6.07) is 6.92. The van der Waals surface area contributed by atoms with E-state index in [0.717, 1.165) is 31.8 Å². The van der Waals surface area contributed by atoms with Gasteiger partial charge in [-0.3, -0.25) is 4.90 Å². The first-order chi connectivity index (χ1) is 8.28. The van der Waals surface area contributed by atoms with Gasteiger partial charge in [-0.1, -0.05) is 0 Å². The molecule has 1 aliphatic rings. The molecule has 1 fully saturated rings. The van der Waals surface area contributed by atoms with Crippen LogP contribution in [0.15, 0.2) is 22.8 Å². The standard InChI is InChI=1S/C13H19N3O/c1-11-5-7-16(9-12(15-11)4-6-14)10-13-3-2-8-17-13/h2-3,8,11-12,15H,4-5,7,9-10H2,1H3. The SMILES string of the molecule is CC1CCN(Cc2ccco2)CC(CC#N)N1. The van der Waals surface area contributed by atoms with Gasteiger partial charge in [-0.05, 0) is 25.5 Å². The van der Waals surface area contributed by atoms with Crippen molar-refractivity contribution in [3.8, 4) is 6.07 Å². The topological polar surface area (TPSA) is 52.2 Å². The molecule has 92 valence electrons. The first-order valence-electron chi connectivity index (χ1n) is 6.15. The van der Waals surface area contributed by atoms with Crippen LogP contribution in [0, 0.1) is 11.3 Å². The van der Waals surface area contributed by atoms with Crippen molar-refractivity contribution in [3.05, 3.63) is 24.2 Å². The fraction of sp³-hybridized carbons (Fsp3) is 0.615. The molecule has 1 N–H and O–H groups in total. The lowest BCUT2D eigenvalue weighted by Crippen LogP contribution is -2.39. The molecule has 17 heavy (non-hydrogen) atoms. The van der Waals surface area contributed by atoms with E-state index in [-0.39, 0.29) is 6.04 Å². The van der Waals surface area contributed by atoms with Gasteiger partial charge in [0.15, 0.2) is 0 Å². The lowest BCUT2D eigenvalue weighted by molar-refractivity contribution is 0.240. The fourth-order valence-electron chi connectivity index (χ4n) is 2.32. The Balaban J connectivity index is 1.95. The van der Waals surface area contributed by atoms with Gasteiger partial charge in [0.05, 0.1) is 25.3 Å². The Morgan fingerprint density at radius 1 is 1.65 bits per heavy atom. The van der Waals surface area contributed by atoms with E-state index >= 15 is 0 Å². The summed E-state index contributed by atoms with van der Waals surface area (Å²) in [5.41, 5.74) is 0. The molecule has 1 aromatic heterocycles. The number of nitrogens with zero attached hydrogens (tertiary/aromatic N) is 2. The molecule has 0 aliphatic carbocycles. The van der Waals surface area contributed by atoms with Crippen molar-refractivity contribution in [2.45, 2.75) is 38.4 Å². The lowest BCUT2D eigenvalue weighted by Gasteiger charge is -2.22. The Morgan fingerprint density at radius 3 is 3.24 bits per heavy atom. The maximum Gasteiger partial charge on any atom is 0.117 e. The molecule has 0 radical (unpaired) electrons. The van der Waals surface area contributed by atoms with Crippen LogP contribution in [0.1, 0.15) is 25.5 Å². The number of hydrogen-bond donors (Lipinski definition) is 1. The second kappa shape index (κ2) is 5.85. The second-order valence-corrected chi connectivity index (χ2v) is 4.73. The first-order valence-corrected chi connectivity index (χ1v) is 6.15. The van der Waals surface area contributed by atoms with E-state index in [9.17, 15) is 0 Å². The minimum Gasteiger partial charge on any atom is -0.468 e. The van der Waals surface area contributed by atoms with E-state index in [2.05, 4.69) is 23.2 Å². The van der Waals surface area contributed by atoms with Crippen molar-refractivity contribution in [2.24, 2.45) is 0 Å². The third-order valence-electron chi connectivity index (χ3n) is 3.17. The van der Waals surface area contributed by atoms with Crippen molar-refractivity contribution in [2.75, 3.05) is 13.1 Å². The highest BCUT2D eigenvalue weighted by Gasteiger charge is 2.21. The van der Waals surface area contributed by atoms with Crippen LogP contribution in [0.2, 0.25) is 0 Å². The Labute approximate surface area is 102 Å². The van der Waals surface area contributed by atoms with Crippen LogP contribution >= 0.6 is 0 Å². The van der Waals surface area contributed by atoms with Crippen LogP contribution in [0.5, 0.6) is 0 Å². The largest absolute Gasteiger partial charge is 0.468 e. The van der Waals surface area contributed by atoms with Gasteiger partial charge in [0.1, 0.15) is 5.76 Å². The molecule has 1 saturated heterocycles. The predicted molar refractivity (Wildman–Crippen MR) is 65.2 cm³/mol. The van der Waals surface area contributed by atoms with Crippen LogP contribution in [0.3, 0.4) is 0 Å². The summed E-state index contributed by atoms with van der Waals surface area (Å²) >= 11 is 0. The second-order valence-electron chi connectivity index (χ2n) is 4.73. The number of hydrogen-bond acceptors (Lipinski definition) is 4. The maximum atomic E-state index is 8.81. The van der Waals surface area contributed by atoms with E-state index in [1.54, 1.807) is 6.26 Å². The quantitative estimate of drug-likeness (QED) is 0.864. The molecule has 2 rings (SSSR count). The summed E-state index contributed by atoms with van der Waals surface area (Å²) < 4.78 is 5.37. The van der Waals surface area contributed by atoms with E-state index in [1.807, 2.05) is 12.1 Å². The van der Waals surface area contributed by atoms with E-state index in [4.69, 9.17) is 9.68 Å². The Bertz CT molecular complexity index is 369. The molecule has 1 aliphatic heterocycles. The maximum absolute atomic E-state index is 8.81. The zero-order chi connectivity index (χ0) is 12.1. The average Bonchev–Trinajstić information content (AvgIpc) is 2.72. The molecular weight excluding hydrogens is 214 g/mol. The molecule has 2 atom stereocenters. The third-order valence-corrected chi connectivity index (χ3v) is 3.17. The summed E-state index contributed by atoms with van der Waals surface area (Å²) in [4.78, 5) is 2.36. The van der Waals surface area contributed by atoms with Crippen molar-refractivity contribution < 1.29 is 4.42 Å². The molecular formula is C13H19N3O. The molecule has 1 aromatic rings. The molecule has 2 heterocycles. The highest BCUT2D eigenvalue weighted by atomic mass is 16.3. The minimum atomic E-state index is 0.271. The average molecular weight is 233 g/mol. The molecule has 4 nitrogen and oxygen atoms in total. The van der Waals surface area contributed by atoms with Crippen LogP contribution in [-0.2, 0) is 6.54 Å². The number of nitrogens with one attached hydrogen (secondary N) is 1. The fourth-order valence-corrected chi connectivity index (χ4v) is 2.32. The minimum absolute atomic E-state index is 0.271. The lowest BCUT2D eigenvalue weighted by atomic mass is 10.2. The molecule has 0 bridgehead atoms. The summed E-state index contributed by atoms with van der Waals surface area (Å²) in [5.74, 6) is 0.996. The van der Waals surface area contributed by atoms with Gasteiger partial charge in [-0.2, -0.15) is 5.26 Å². The Hall–Kier alpha value is -1.31. The van der Waals surface area contributed by atoms with Gasteiger partial charge >= 0.3 is 0 Å². The Morgan fingerprint density at radius 2 is 2.53 bits per heavy atom. The van der Waals surface area contributed by atoms with Gasteiger partial charge in [0.25, 0.3) is 0 Å². The molecule has 0 aromatic carbocycles. The van der Waals surface area contributed by atoms with Gasteiger partial charge in [-0.25, -0.2) is 0 Å². The molecule has 0 spiro atoms. The first kappa shape index (κ1) is 12.2. The zero-order valence-electron chi connectivity index (χ0n) is 10.2. The van der Waals surface area contributed by atoms with E-state index < -0.39 is 0 Å². The summed E-state index contributed by atoms with van der Waals surface area (Å²) in [6.07, 6.45) is 3.39. The van der Waals surface area contributed by atoms with Crippen molar-refractivity contribution >= 4 is 0 Å². The molecule has 0 saturated carbocycles. The van der Waals surface area contributed by atoms with Gasteiger partial charge < -0.3 is 9.73 Å². The van der Waals surface area contributed by atoms with Gasteiger partial charge in [-0.15, -0.1) is 0 Å². The van der Waals surface area contributed by atoms with Crippen LogP contribution < -0.4 is 5.32 Å². The van der Waals surface area contributed by atoms with Crippen molar-refractivity contribution in [1.29, 1.82) is 5.26 Å². The molecule has 4 heteroatoms.